The minimum Gasteiger partial charge on any atom is -0.441 e. The van der Waals surface area contributed by atoms with Gasteiger partial charge in [-0.15, -0.1) is 0 Å². The first-order valence-corrected chi connectivity index (χ1v) is 11.4. The van der Waals surface area contributed by atoms with Gasteiger partial charge in [0.2, 0.25) is 15.9 Å². The highest BCUT2D eigenvalue weighted by molar-refractivity contribution is 7.89. The Hall–Kier alpha value is -2.97. The van der Waals surface area contributed by atoms with Crippen LogP contribution in [0.3, 0.4) is 0 Å². The van der Waals surface area contributed by atoms with Gasteiger partial charge in [-0.25, -0.2) is 18.1 Å². The predicted molar refractivity (Wildman–Crippen MR) is 115 cm³/mol. The van der Waals surface area contributed by atoms with E-state index < -0.39 is 10.0 Å². The predicted octanol–water partition coefficient (Wildman–Crippen LogP) is 3.99. The number of hydrogen-bond acceptors (Lipinski definition) is 5. The molecule has 0 saturated heterocycles. The smallest absolute Gasteiger partial charge is 0.240 e. The highest BCUT2D eigenvalue weighted by Gasteiger charge is 2.15. The van der Waals surface area contributed by atoms with Crippen LogP contribution in [0.4, 0.5) is 5.69 Å². The fourth-order valence-electron chi connectivity index (χ4n) is 2.81. The molecule has 2 N–H and O–H groups in total. The van der Waals surface area contributed by atoms with E-state index in [1.54, 1.807) is 18.3 Å². The van der Waals surface area contributed by atoms with Crippen LogP contribution in [0.2, 0.25) is 0 Å². The summed E-state index contributed by atoms with van der Waals surface area (Å²) in [6.07, 6.45) is 3.82. The largest absolute Gasteiger partial charge is 0.441 e. The fourth-order valence-corrected chi connectivity index (χ4v) is 3.93. The normalized spacial score (nSPS) is 11.4. The number of carbonyl (C=O) groups is 1. The number of rotatable bonds is 10. The van der Waals surface area contributed by atoms with Gasteiger partial charge in [-0.2, -0.15) is 0 Å². The van der Waals surface area contributed by atoms with Crippen molar-refractivity contribution in [1.29, 1.82) is 0 Å². The van der Waals surface area contributed by atoms with Gasteiger partial charge in [-0.05, 0) is 24.6 Å². The molecule has 3 rings (SSSR count). The van der Waals surface area contributed by atoms with Crippen molar-refractivity contribution in [2.24, 2.45) is 0 Å². The lowest BCUT2D eigenvalue weighted by Crippen LogP contribution is -2.24. The summed E-state index contributed by atoms with van der Waals surface area (Å²) in [6.45, 7) is 2.38. The van der Waals surface area contributed by atoms with Crippen molar-refractivity contribution in [3.63, 3.8) is 0 Å². The minimum absolute atomic E-state index is 0.122. The maximum atomic E-state index is 12.3. The van der Waals surface area contributed by atoms with Gasteiger partial charge >= 0.3 is 0 Å². The zero-order valence-corrected chi connectivity index (χ0v) is 17.6. The Bertz CT molecular complexity index is 1080. The molecule has 0 aliphatic heterocycles. The van der Waals surface area contributed by atoms with Gasteiger partial charge in [-0.3, -0.25) is 4.79 Å². The first kappa shape index (κ1) is 21.7. The molecule has 0 aliphatic carbocycles. The SMILES string of the molecule is CCCCNS(=O)(=O)c1cccc(NC(=O)CCc2ncc(-c3ccccc3)o2)c1. The van der Waals surface area contributed by atoms with E-state index in [-0.39, 0.29) is 17.2 Å². The lowest BCUT2D eigenvalue weighted by molar-refractivity contribution is -0.116. The number of nitrogens with zero attached hydrogens (tertiary/aromatic N) is 1. The average Bonchev–Trinajstić information content (AvgIpc) is 3.22. The van der Waals surface area contributed by atoms with Crippen LogP contribution >= 0.6 is 0 Å². The lowest BCUT2D eigenvalue weighted by atomic mass is 10.2. The number of aromatic nitrogens is 1. The number of hydrogen-bond donors (Lipinski definition) is 2. The number of benzene rings is 2. The Morgan fingerprint density at radius 1 is 1.10 bits per heavy atom. The molecule has 0 spiro atoms. The van der Waals surface area contributed by atoms with E-state index in [0.29, 0.717) is 30.3 Å². The Morgan fingerprint density at radius 3 is 2.67 bits per heavy atom. The molecule has 30 heavy (non-hydrogen) atoms. The third kappa shape index (κ3) is 6.01. The lowest BCUT2D eigenvalue weighted by Gasteiger charge is -2.09. The van der Waals surface area contributed by atoms with Crippen LogP contribution in [0, 0.1) is 0 Å². The molecule has 1 aromatic heterocycles. The highest BCUT2D eigenvalue weighted by atomic mass is 32.2. The Labute approximate surface area is 176 Å². The number of oxazole rings is 1. The van der Waals surface area contributed by atoms with Crippen molar-refractivity contribution >= 4 is 21.6 Å². The molecule has 0 fully saturated rings. The third-order valence-electron chi connectivity index (χ3n) is 4.43. The molecule has 8 heteroatoms. The Balaban J connectivity index is 1.56. The summed E-state index contributed by atoms with van der Waals surface area (Å²) < 4.78 is 32.9. The topological polar surface area (TPSA) is 101 Å². The molecule has 0 unspecified atom stereocenters. The number of unbranched alkanes of at least 4 members (excludes halogenated alkanes) is 1. The van der Waals surface area contributed by atoms with E-state index in [9.17, 15) is 13.2 Å². The van der Waals surface area contributed by atoms with Crippen LogP contribution < -0.4 is 10.0 Å². The first-order chi connectivity index (χ1) is 14.5. The monoisotopic (exact) mass is 427 g/mol. The summed E-state index contributed by atoms with van der Waals surface area (Å²) in [5.74, 6) is 0.878. The first-order valence-electron chi connectivity index (χ1n) is 9.87. The van der Waals surface area contributed by atoms with Gasteiger partial charge in [0.1, 0.15) is 0 Å². The molecular formula is C22H25N3O4S. The zero-order valence-electron chi connectivity index (χ0n) is 16.8. The minimum atomic E-state index is -3.60. The number of anilines is 1. The van der Waals surface area contributed by atoms with Gasteiger partial charge in [0.15, 0.2) is 11.7 Å². The van der Waals surface area contributed by atoms with Crippen molar-refractivity contribution in [3.8, 4) is 11.3 Å². The van der Waals surface area contributed by atoms with Gasteiger partial charge < -0.3 is 9.73 Å². The van der Waals surface area contributed by atoms with Gasteiger partial charge in [-0.1, -0.05) is 49.7 Å². The maximum absolute atomic E-state index is 12.3. The van der Waals surface area contributed by atoms with Crippen LogP contribution in [0.1, 0.15) is 32.1 Å². The molecule has 2 aromatic carbocycles. The van der Waals surface area contributed by atoms with Crippen LogP contribution in [0.5, 0.6) is 0 Å². The quantitative estimate of drug-likeness (QED) is 0.477. The molecule has 0 bridgehead atoms. The van der Waals surface area contributed by atoms with Crippen molar-refractivity contribution in [3.05, 3.63) is 66.7 Å². The summed E-state index contributed by atoms with van der Waals surface area (Å²) in [5.41, 5.74) is 1.35. The number of carbonyl (C=O) groups excluding carboxylic acids is 1. The maximum Gasteiger partial charge on any atom is 0.240 e. The molecule has 0 atom stereocenters. The van der Waals surface area contributed by atoms with Gasteiger partial charge in [0.05, 0.1) is 11.1 Å². The number of sulfonamides is 1. The van der Waals surface area contributed by atoms with E-state index in [1.807, 2.05) is 37.3 Å². The number of nitrogens with one attached hydrogen (secondary N) is 2. The Morgan fingerprint density at radius 2 is 1.90 bits per heavy atom. The van der Waals surface area contributed by atoms with Crippen molar-refractivity contribution in [2.45, 2.75) is 37.5 Å². The van der Waals surface area contributed by atoms with Crippen molar-refractivity contribution in [1.82, 2.24) is 9.71 Å². The second-order valence-corrected chi connectivity index (χ2v) is 8.58. The summed E-state index contributed by atoms with van der Waals surface area (Å²) >= 11 is 0. The fraction of sp³-hybridized carbons (Fsp3) is 0.273. The van der Waals surface area contributed by atoms with Crippen molar-refractivity contribution < 1.29 is 17.6 Å². The van der Waals surface area contributed by atoms with Crippen LogP contribution in [-0.2, 0) is 21.2 Å². The van der Waals surface area contributed by atoms with Crippen LogP contribution in [-0.4, -0.2) is 25.9 Å². The second kappa shape index (κ2) is 10.2. The Kier molecular flexibility index (Phi) is 7.37. The van der Waals surface area contributed by atoms with E-state index in [4.69, 9.17) is 4.42 Å². The summed E-state index contributed by atoms with van der Waals surface area (Å²) in [4.78, 5) is 16.6. The molecule has 3 aromatic rings. The molecule has 7 nitrogen and oxygen atoms in total. The third-order valence-corrected chi connectivity index (χ3v) is 5.89. The molecule has 0 saturated carbocycles. The van der Waals surface area contributed by atoms with E-state index in [2.05, 4.69) is 15.0 Å². The van der Waals surface area contributed by atoms with Crippen LogP contribution in [0.15, 0.2) is 70.1 Å². The average molecular weight is 428 g/mol. The van der Waals surface area contributed by atoms with E-state index >= 15 is 0 Å². The molecule has 0 radical (unpaired) electrons. The van der Waals surface area contributed by atoms with Gasteiger partial charge in [0.25, 0.3) is 0 Å². The van der Waals surface area contributed by atoms with E-state index in [0.717, 1.165) is 18.4 Å². The van der Waals surface area contributed by atoms with E-state index in [1.165, 1.54) is 12.1 Å². The molecular weight excluding hydrogens is 402 g/mol. The highest BCUT2D eigenvalue weighted by Crippen LogP contribution is 2.20. The van der Waals surface area contributed by atoms with Gasteiger partial charge in [0, 0.05) is 30.6 Å². The zero-order chi connectivity index (χ0) is 21.4. The van der Waals surface area contributed by atoms with Crippen molar-refractivity contribution in [2.75, 3.05) is 11.9 Å². The van der Waals surface area contributed by atoms with Crippen LogP contribution in [0.25, 0.3) is 11.3 Å². The summed E-state index contributed by atoms with van der Waals surface area (Å²) in [7, 11) is -3.60. The number of aryl methyl sites for hydroxylation is 1. The molecule has 158 valence electrons. The molecule has 0 aliphatic rings. The standard InChI is InChI=1S/C22H25N3O4S/c1-2-3-14-24-30(27,28)19-11-7-10-18(15-19)25-21(26)12-13-22-23-16-20(29-22)17-8-5-4-6-9-17/h4-11,15-16,24H,2-3,12-14H2,1H3,(H,25,26). The second-order valence-electron chi connectivity index (χ2n) is 6.81. The summed E-state index contributed by atoms with van der Waals surface area (Å²) in [6, 6.07) is 15.8. The summed E-state index contributed by atoms with van der Waals surface area (Å²) in [5, 5.41) is 2.73. The molecule has 1 heterocycles. The molecule has 1 amide bonds. The number of amides is 1.